The lowest BCUT2D eigenvalue weighted by Crippen LogP contribution is -2.31. The molecule has 0 radical (unpaired) electrons. The van der Waals surface area contributed by atoms with Crippen LogP contribution < -0.4 is 0 Å². The second-order valence-electron chi connectivity index (χ2n) is 7.93. The van der Waals surface area contributed by atoms with Crippen molar-refractivity contribution in [3.05, 3.63) is 154 Å². The highest BCUT2D eigenvalue weighted by atomic mass is 35.5. The zero-order valence-electron chi connectivity index (χ0n) is 18.3. The molecule has 0 saturated carbocycles. The lowest BCUT2D eigenvalue weighted by Gasteiger charge is -2.35. The third-order valence-corrected chi connectivity index (χ3v) is 7.93. The van der Waals surface area contributed by atoms with E-state index in [1.54, 1.807) is 17.8 Å². The molecule has 5 rings (SSSR count). The van der Waals surface area contributed by atoms with Gasteiger partial charge in [-0.3, -0.25) is 0 Å². The quantitative estimate of drug-likeness (QED) is 0.179. The molecule has 5 aromatic rings. The normalized spacial score (nSPS) is 11.5. The Morgan fingerprint density at radius 1 is 0.676 bits per heavy atom. The van der Waals surface area contributed by atoms with E-state index in [0.717, 1.165) is 16.4 Å². The van der Waals surface area contributed by atoms with E-state index in [1.807, 2.05) is 36.5 Å². The predicted molar refractivity (Wildman–Crippen MR) is 143 cm³/mol. The molecule has 0 atom stereocenters. The number of imidazole rings is 1. The minimum Gasteiger partial charge on any atom is -0.344 e. The minimum absolute atomic E-state index is 0.534. The van der Waals surface area contributed by atoms with Crippen LogP contribution in [-0.2, 0) is 11.2 Å². The molecular weight excluding hydrogens is 479 g/mol. The van der Waals surface area contributed by atoms with Gasteiger partial charge in [-0.25, -0.2) is 4.98 Å². The maximum absolute atomic E-state index is 6.39. The first kappa shape index (κ1) is 22.8. The van der Waals surface area contributed by atoms with Crippen LogP contribution in [0, 0.1) is 0 Å². The van der Waals surface area contributed by atoms with E-state index >= 15 is 0 Å². The molecule has 1 aromatic heterocycles. The van der Waals surface area contributed by atoms with E-state index in [0.29, 0.717) is 15.8 Å². The topological polar surface area (TPSA) is 28.7 Å². The van der Waals surface area contributed by atoms with Gasteiger partial charge < -0.3 is 4.98 Å². The summed E-state index contributed by atoms with van der Waals surface area (Å²) in [5, 5.41) is 1.14. The molecule has 0 unspecified atom stereocenters. The third kappa shape index (κ3) is 4.27. The van der Waals surface area contributed by atoms with E-state index < -0.39 is 5.41 Å². The molecule has 0 aliphatic rings. The molecule has 2 nitrogen and oxygen atoms in total. The Morgan fingerprint density at radius 2 is 1.21 bits per heavy atom. The second kappa shape index (κ2) is 10.1. The van der Waals surface area contributed by atoms with Gasteiger partial charge in [-0.15, -0.1) is 11.8 Å². The van der Waals surface area contributed by atoms with Crippen LogP contribution in [-0.4, -0.2) is 9.97 Å². The summed E-state index contributed by atoms with van der Waals surface area (Å²) in [6.45, 7) is 0. The van der Waals surface area contributed by atoms with Crippen LogP contribution in [0.2, 0.25) is 10.0 Å². The molecule has 4 aromatic carbocycles. The van der Waals surface area contributed by atoms with Crippen molar-refractivity contribution in [1.82, 2.24) is 9.97 Å². The summed E-state index contributed by atoms with van der Waals surface area (Å²) in [7, 11) is 0. The van der Waals surface area contributed by atoms with Crippen LogP contribution in [0.3, 0.4) is 0 Å². The van der Waals surface area contributed by atoms with E-state index in [9.17, 15) is 0 Å². The van der Waals surface area contributed by atoms with Crippen molar-refractivity contribution >= 4 is 35.0 Å². The fourth-order valence-electron chi connectivity index (χ4n) is 4.40. The van der Waals surface area contributed by atoms with Crippen LogP contribution in [0.25, 0.3) is 0 Å². The molecule has 0 spiro atoms. The van der Waals surface area contributed by atoms with Crippen molar-refractivity contribution in [2.75, 3.05) is 0 Å². The highest BCUT2D eigenvalue weighted by Gasteiger charge is 2.39. The molecule has 0 aliphatic heterocycles. The maximum Gasteiger partial charge on any atom is 0.116 e. The minimum atomic E-state index is -0.534. The van der Waals surface area contributed by atoms with Crippen LogP contribution in [0.15, 0.2) is 120 Å². The summed E-state index contributed by atoms with van der Waals surface area (Å²) in [4.78, 5) is 9.36. The van der Waals surface area contributed by atoms with Gasteiger partial charge in [-0.05, 0) is 28.8 Å². The number of nitrogens with zero attached hydrogens (tertiary/aromatic N) is 1. The Bertz CT molecular complexity index is 1270. The van der Waals surface area contributed by atoms with Crippen LogP contribution in [0.1, 0.15) is 28.2 Å². The van der Waals surface area contributed by atoms with Gasteiger partial charge in [0, 0.05) is 11.1 Å². The molecular formula is C29H22Cl2N2S. The molecule has 0 aliphatic carbocycles. The van der Waals surface area contributed by atoms with Crippen molar-refractivity contribution in [1.29, 1.82) is 0 Å². The fraction of sp³-hybridized carbons (Fsp3) is 0.0690. The first-order valence-electron chi connectivity index (χ1n) is 11.0. The Hall–Kier alpha value is -2.98. The first-order valence-corrected chi connectivity index (χ1v) is 12.7. The number of nitrogens with one attached hydrogen (secondary N) is 1. The lowest BCUT2D eigenvalue weighted by atomic mass is 9.67. The molecule has 0 bridgehead atoms. The molecule has 1 N–H and O–H groups in total. The van der Waals surface area contributed by atoms with Crippen molar-refractivity contribution in [2.24, 2.45) is 0 Å². The average Bonchev–Trinajstić information content (AvgIpc) is 3.37. The number of rotatable bonds is 7. The van der Waals surface area contributed by atoms with Gasteiger partial charge in [-0.1, -0.05) is 120 Å². The Balaban J connectivity index is 1.62. The largest absolute Gasteiger partial charge is 0.344 e. The number of halogens is 2. The van der Waals surface area contributed by atoms with Crippen molar-refractivity contribution < 1.29 is 0 Å². The summed E-state index contributed by atoms with van der Waals surface area (Å²) in [5.41, 5.74) is 4.01. The number of aromatic nitrogens is 2. The van der Waals surface area contributed by atoms with Gasteiger partial charge in [0.15, 0.2) is 0 Å². The molecule has 168 valence electrons. The standard InChI is InChI=1S/C29H22Cl2N2S/c30-24-17-10-18-25(28(24)31)34-20-27-32-19-26(33-27)29(21-11-4-1-5-12-21,22-13-6-2-7-14-22)23-15-8-3-9-16-23/h1-19H,20H2,(H,32,33). The molecule has 5 heteroatoms. The second-order valence-corrected chi connectivity index (χ2v) is 9.73. The van der Waals surface area contributed by atoms with Gasteiger partial charge in [-0.2, -0.15) is 0 Å². The first-order chi connectivity index (χ1) is 16.7. The summed E-state index contributed by atoms with van der Waals surface area (Å²) < 4.78 is 0. The summed E-state index contributed by atoms with van der Waals surface area (Å²) in [6, 6.07) is 37.5. The monoisotopic (exact) mass is 500 g/mol. The van der Waals surface area contributed by atoms with E-state index in [2.05, 4.69) is 77.8 Å². The maximum atomic E-state index is 6.39. The zero-order chi connectivity index (χ0) is 23.4. The molecule has 0 saturated heterocycles. The van der Waals surface area contributed by atoms with Gasteiger partial charge in [0.1, 0.15) is 5.82 Å². The predicted octanol–water partition coefficient (Wildman–Crippen LogP) is 8.39. The number of H-pyrrole nitrogens is 1. The number of thioether (sulfide) groups is 1. The van der Waals surface area contributed by atoms with Crippen molar-refractivity contribution in [3.8, 4) is 0 Å². The Labute approximate surface area is 214 Å². The third-order valence-electron chi connectivity index (χ3n) is 5.93. The van der Waals surface area contributed by atoms with E-state index in [4.69, 9.17) is 28.2 Å². The zero-order valence-corrected chi connectivity index (χ0v) is 20.6. The number of hydrogen-bond donors (Lipinski definition) is 1. The van der Waals surface area contributed by atoms with Crippen LogP contribution in [0.5, 0.6) is 0 Å². The summed E-state index contributed by atoms with van der Waals surface area (Å²) in [6.07, 6.45) is 1.96. The van der Waals surface area contributed by atoms with Gasteiger partial charge in [0.05, 0.1) is 26.9 Å². The highest BCUT2D eigenvalue weighted by molar-refractivity contribution is 7.98. The van der Waals surface area contributed by atoms with Gasteiger partial charge in [0.2, 0.25) is 0 Å². The summed E-state index contributed by atoms with van der Waals surface area (Å²) in [5.74, 6) is 1.53. The molecule has 1 heterocycles. The molecule has 34 heavy (non-hydrogen) atoms. The van der Waals surface area contributed by atoms with Gasteiger partial charge >= 0.3 is 0 Å². The Kier molecular flexibility index (Phi) is 6.77. The van der Waals surface area contributed by atoms with Crippen LogP contribution in [0.4, 0.5) is 0 Å². The molecule has 0 amide bonds. The fourth-order valence-corrected chi connectivity index (χ4v) is 5.77. The van der Waals surface area contributed by atoms with E-state index in [1.165, 1.54) is 16.7 Å². The van der Waals surface area contributed by atoms with E-state index in [-0.39, 0.29) is 0 Å². The Morgan fingerprint density at radius 3 is 1.74 bits per heavy atom. The van der Waals surface area contributed by atoms with Gasteiger partial charge in [0.25, 0.3) is 0 Å². The van der Waals surface area contributed by atoms with Crippen molar-refractivity contribution in [2.45, 2.75) is 16.1 Å². The number of hydrogen-bond acceptors (Lipinski definition) is 2. The number of aromatic amines is 1. The SMILES string of the molecule is Clc1cccc(SCc2ncc(C(c3ccccc3)(c3ccccc3)c3ccccc3)[nH]2)c1Cl. The van der Waals surface area contributed by atoms with Crippen molar-refractivity contribution in [3.63, 3.8) is 0 Å². The van der Waals surface area contributed by atoms with Crippen LogP contribution >= 0.6 is 35.0 Å². The lowest BCUT2D eigenvalue weighted by molar-refractivity contribution is 0.718. The molecule has 0 fully saturated rings. The average molecular weight is 501 g/mol. The highest BCUT2D eigenvalue weighted by Crippen LogP contribution is 2.44. The number of benzene rings is 4. The smallest absolute Gasteiger partial charge is 0.116 e. The summed E-state index contributed by atoms with van der Waals surface area (Å²) >= 11 is 14.2.